The van der Waals surface area contributed by atoms with Gasteiger partial charge in [-0.25, -0.2) is 0 Å². The summed E-state index contributed by atoms with van der Waals surface area (Å²) in [5.74, 6) is 0. The monoisotopic (exact) mass is 184 g/mol. The molecule has 0 radical (unpaired) electrons. The molecule has 2 nitrogen and oxygen atoms in total. The minimum absolute atomic E-state index is 0. The number of hydrogen-bond donors (Lipinski definition) is 0. The standard InChI is InChI=1S/C6H13ClN2.ClH/c1-5(2)8-6(7)9(3)4;/h5H,1-4H3;1H. The number of hydrogen-bond acceptors (Lipinski definition) is 1. The smallest absolute Gasteiger partial charge is 0.193 e. The fourth-order valence-corrected chi connectivity index (χ4v) is 0.524. The van der Waals surface area contributed by atoms with Gasteiger partial charge in [-0.2, -0.15) is 0 Å². The molecule has 0 saturated heterocycles. The number of nitrogens with zero attached hydrogens (tertiary/aromatic N) is 2. The molecule has 0 rings (SSSR count). The first-order valence-electron chi connectivity index (χ1n) is 2.94. The Morgan fingerprint density at radius 3 is 1.90 bits per heavy atom. The first kappa shape index (κ1) is 12.7. The van der Waals surface area contributed by atoms with Crippen molar-refractivity contribution in [2.24, 2.45) is 4.99 Å². The van der Waals surface area contributed by atoms with Crippen LogP contribution in [-0.2, 0) is 0 Å². The van der Waals surface area contributed by atoms with Gasteiger partial charge in [0, 0.05) is 20.1 Å². The third-order valence-electron chi connectivity index (χ3n) is 0.734. The largest absolute Gasteiger partial charge is 0.353 e. The Labute approximate surface area is 73.7 Å². The Morgan fingerprint density at radius 2 is 1.80 bits per heavy atom. The predicted octanol–water partition coefficient (Wildman–Crippen LogP) is 1.97. The van der Waals surface area contributed by atoms with Crippen molar-refractivity contribution >= 4 is 29.3 Å². The molecule has 0 bridgehead atoms. The summed E-state index contributed by atoms with van der Waals surface area (Å²) in [6.07, 6.45) is 0. The lowest BCUT2D eigenvalue weighted by Gasteiger charge is -2.09. The van der Waals surface area contributed by atoms with E-state index in [-0.39, 0.29) is 18.4 Å². The lowest BCUT2D eigenvalue weighted by atomic mass is 10.4. The van der Waals surface area contributed by atoms with Crippen LogP contribution in [-0.4, -0.2) is 30.3 Å². The van der Waals surface area contributed by atoms with Crippen LogP contribution in [0.25, 0.3) is 0 Å². The molecular formula is C6H14Cl2N2. The third-order valence-corrected chi connectivity index (χ3v) is 1.17. The SMILES string of the molecule is CC(C)N=C(Cl)N(C)C.Cl. The number of rotatable bonds is 1. The molecule has 0 saturated carbocycles. The molecule has 4 heteroatoms. The topological polar surface area (TPSA) is 15.6 Å². The summed E-state index contributed by atoms with van der Waals surface area (Å²) < 4.78 is 0. The summed E-state index contributed by atoms with van der Waals surface area (Å²) in [4.78, 5) is 5.86. The Kier molecular flexibility index (Phi) is 7.38. The average molecular weight is 185 g/mol. The molecule has 0 aromatic carbocycles. The zero-order valence-corrected chi connectivity index (χ0v) is 8.33. The quantitative estimate of drug-likeness (QED) is 0.346. The number of halogens is 2. The molecule has 0 fully saturated rings. The van der Waals surface area contributed by atoms with Gasteiger partial charge >= 0.3 is 0 Å². The maximum Gasteiger partial charge on any atom is 0.193 e. The maximum atomic E-state index is 5.69. The van der Waals surface area contributed by atoms with Crippen LogP contribution in [0.3, 0.4) is 0 Å². The van der Waals surface area contributed by atoms with E-state index in [0.29, 0.717) is 5.29 Å². The van der Waals surface area contributed by atoms with E-state index in [2.05, 4.69) is 4.99 Å². The highest BCUT2D eigenvalue weighted by Crippen LogP contribution is 1.94. The van der Waals surface area contributed by atoms with E-state index in [9.17, 15) is 0 Å². The molecule has 62 valence electrons. The van der Waals surface area contributed by atoms with Crippen LogP contribution in [0.15, 0.2) is 4.99 Å². The van der Waals surface area contributed by atoms with E-state index in [0.717, 1.165) is 0 Å². The molecule has 0 amide bonds. The second-order valence-corrected chi connectivity index (χ2v) is 2.72. The summed E-state index contributed by atoms with van der Waals surface area (Å²) in [5.41, 5.74) is 0. The first-order chi connectivity index (χ1) is 4.04. The van der Waals surface area contributed by atoms with Gasteiger partial charge in [0.05, 0.1) is 0 Å². The summed E-state index contributed by atoms with van der Waals surface area (Å²) in [7, 11) is 3.74. The molecule has 0 atom stereocenters. The highest BCUT2D eigenvalue weighted by Gasteiger charge is 1.95. The highest BCUT2D eigenvalue weighted by atomic mass is 35.5. The van der Waals surface area contributed by atoms with E-state index in [4.69, 9.17) is 11.6 Å². The van der Waals surface area contributed by atoms with Gasteiger partial charge in [0.25, 0.3) is 0 Å². The van der Waals surface area contributed by atoms with Crippen LogP contribution in [0.4, 0.5) is 0 Å². The van der Waals surface area contributed by atoms with Gasteiger partial charge in [0.2, 0.25) is 0 Å². The Hall–Kier alpha value is 0.0500. The van der Waals surface area contributed by atoms with Crippen molar-refractivity contribution in [2.45, 2.75) is 19.9 Å². The fourth-order valence-electron chi connectivity index (χ4n) is 0.329. The average Bonchev–Trinajstić information content (AvgIpc) is 1.63. The van der Waals surface area contributed by atoms with Crippen molar-refractivity contribution in [1.82, 2.24) is 4.90 Å². The van der Waals surface area contributed by atoms with E-state index in [1.807, 2.05) is 27.9 Å². The molecule has 10 heavy (non-hydrogen) atoms. The lowest BCUT2D eigenvalue weighted by molar-refractivity contribution is 0.623. The highest BCUT2D eigenvalue weighted by molar-refractivity contribution is 6.64. The first-order valence-corrected chi connectivity index (χ1v) is 3.32. The maximum absolute atomic E-state index is 5.69. The van der Waals surface area contributed by atoms with Crippen LogP contribution >= 0.6 is 24.0 Å². The molecule has 0 aromatic rings. The lowest BCUT2D eigenvalue weighted by Crippen LogP contribution is -2.17. The molecule has 0 aliphatic carbocycles. The second-order valence-electron chi connectivity index (χ2n) is 2.39. The second kappa shape index (κ2) is 5.81. The van der Waals surface area contributed by atoms with Crippen molar-refractivity contribution < 1.29 is 0 Å². The third kappa shape index (κ3) is 6.17. The molecule has 0 aliphatic heterocycles. The van der Waals surface area contributed by atoms with Crippen LogP contribution in [0.5, 0.6) is 0 Å². The Balaban J connectivity index is 0. The predicted molar refractivity (Wildman–Crippen MR) is 49.4 cm³/mol. The van der Waals surface area contributed by atoms with Gasteiger partial charge in [-0.3, -0.25) is 4.99 Å². The van der Waals surface area contributed by atoms with E-state index in [1.54, 1.807) is 4.90 Å². The van der Waals surface area contributed by atoms with Crippen molar-refractivity contribution in [2.75, 3.05) is 14.1 Å². The van der Waals surface area contributed by atoms with Gasteiger partial charge < -0.3 is 4.90 Å². The number of aliphatic imine (C=N–C) groups is 1. The Morgan fingerprint density at radius 1 is 1.40 bits per heavy atom. The van der Waals surface area contributed by atoms with Crippen LogP contribution in [0.2, 0.25) is 0 Å². The molecular weight excluding hydrogens is 171 g/mol. The van der Waals surface area contributed by atoms with Crippen LogP contribution < -0.4 is 0 Å². The zero-order chi connectivity index (χ0) is 7.44. The minimum atomic E-state index is 0. The van der Waals surface area contributed by atoms with Gasteiger partial charge in [-0.15, -0.1) is 12.4 Å². The van der Waals surface area contributed by atoms with E-state index in [1.165, 1.54) is 0 Å². The molecule has 0 N–H and O–H groups in total. The molecule has 0 aromatic heterocycles. The summed E-state index contributed by atoms with van der Waals surface area (Å²) in [6.45, 7) is 3.98. The van der Waals surface area contributed by atoms with Crippen molar-refractivity contribution in [3.63, 3.8) is 0 Å². The molecule has 0 aliphatic rings. The minimum Gasteiger partial charge on any atom is -0.353 e. The molecule has 0 heterocycles. The summed E-state index contributed by atoms with van der Waals surface area (Å²) >= 11 is 5.69. The summed E-state index contributed by atoms with van der Waals surface area (Å²) in [5, 5.41) is 0.560. The molecule has 0 spiro atoms. The zero-order valence-electron chi connectivity index (χ0n) is 6.76. The Bertz CT molecular complexity index is 110. The normalized spacial score (nSPS) is 11.2. The van der Waals surface area contributed by atoms with Gasteiger partial charge in [0.15, 0.2) is 5.29 Å². The van der Waals surface area contributed by atoms with Gasteiger partial charge in [-0.05, 0) is 25.4 Å². The van der Waals surface area contributed by atoms with Crippen molar-refractivity contribution in [3.05, 3.63) is 0 Å². The molecule has 0 unspecified atom stereocenters. The van der Waals surface area contributed by atoms with Gasteiger partial charge in [0.1, 0.15) is 0 Å². The van der Waals surface area contributed by atoms with Crippen LogP contribution in [0.1, 0.15) is 13.8 Å². The summed E-state index contributed by atoms with van der Waals surface area (Å²) in [6, 6.07) is 0.278. The fraction of sp³-hybridized carbons (Fsp3) is 0.833. The van der Waals surface area contributed by atoms with E-state index < -0.39 is 0 Å². The van der Waals surface area contributed by atoms with Gasteiger partial charge in [-0.1, -0.05) is 0 Å². The van der Waals surface area contributed by atoms with E-state index >= 15 is 0 Å². The van der Waals surface area contributed by atoms with Crippen molar-refractivity contribution in [1.29, 1.82) is 0 Å². The number of amidine groups is 1. The van der Waals surface area contributed by atoms with Crippen LogP contribution in [0, 0.1) is 0 Å². The van der Waals surface area contributed by atoms with Crippen molar-refractivity contribution in [3.8, 4) is 0 Å².